The van der Waals surface area contributed by atoms with Crippen LogP contribution in [-0.2, 0) is 4.79 Å². The van der Waals surface area contributed by atoms with E-state index in [-0.39, 0.29) is 0 Å². The molecule has 0 bridgehead atoms. The summed E-state index contributed by atoms with van der Waals surface area (Å²) in [6, 6.07) is 8.21. The highest BCUT2D eigenvalue weighted by molar-refractivity contribution is 5.78. The first-order valence-electron chi connectivity index (χ1n) is 10.3. The van der Waals surface area contributed by atoms with Crippen LogP contribution < -0.4 is 9.64 Å². The van der Waals surface area contributed by atoms with Gasteiger partial charge in [-0.2, -0.15) is 0 Å². The zero-order valence-electron chi connectivity index (χ0n) is 16.9. The van der Waals surface area contributed by atoms with Crippen LogP contribution >= 0.6 is 0 Å². The van der Waals surface area contributed by atoms with Gasteiger partial charge >= 0.3 is 0 Å². The maximum Gasteiger partial charge on any atom is 0.236 e. The van der Waals surface area contributed by atoms with Crippen molar-refractivity contribution in [1.82, 2.24) is 14.7 Å². The Bertz CT molecular complexity index is 594. The second-order valence-corrected chi connectivity index (χ2v) is 7.54. The Labute approximate surface area is 163 Å². The second kappa shape index (κ2) is 9.95. The molecule has 0 aromatic heterocycles. The quantitative estimate of drug-likeness (QED) is 0.727. The van der Waals surface area contributed by atoms with E-state index in [0.29, 0.717) is 12.5 Å². The number of benzene rings is 1. The van der Waals surface area contributed by atoms with Gasteiger partial charge in [0, 0.05) is 64.1 Å². The second-order valence-electron chi connectivity index (χ2n) is 7.54. The van der Waals surface area contributed by atoms with Crippen LogP contribution in [0.5, 0.6) is 5.75 Å². The summed E-state index contributed by atoms with van der Waals surface area (Å²) in [6.07, 6.45) is 2.49. The summed E-state index contributed by atoms with van der Waals surface area (Å²) in [4.78, 5) is 21.9. The Balaban J connectivity index is 1.40. The van der Waals surface area contributed by atoms with Crippen LogP contribution in [0.1, 0.15) is 19.8 Å². The highest BCUT2D eigenvalue weighted by atomic mass is 16.5. The Morgan fingerprint density at radius 3 is 2.37 bits per heavy atom. The Hall–Kier alpha value is -1.79. The number of amides is 1. The minimum atomic E-state index is 0.292. The molecule has 2 saturated heterocycles. The number of carbonyl (C=O) groups excluding carboxylic acids is 1. The van der Waals surface area contributed by atoms with Crippen molar-refractivity contribution in [2.45, 2.75) is 19.8 Å². The van der Waals surface area contributed by atoms with Gasteiger partial charge in [-0.1, -0.05) is 19.4 Å². The molecule has 0 saturated carbocycles. The fraction of sp³-hybridized carbons (Fsp3) is 0.667. The summed E-state index contributed by atoms with van der Waals surface area (Å²) < 4.78 is 5.33. The lowest BCUT2D eigenvalue weighted by molar-refractivity contribution is -0.134. The standard InChI is InChI=1S/C21H34N4O2/c1-3-4-8-22-9-15-25(16-10-22)21(26)18-23-11-13-24(14-12-23)19-6-5-7-20(17-19)27-2/h5-7,17H,3-4,8-16,18H2,1-2H3. The van der Waals surface area contributed by atoms with E-state index >= 15 is 0 Å². The van der Waals surface area contributed by atoms with Crippen LogP contribution in [0.4, 0.5) is 5.69 Å². The van der Waals surface area contributed by atoms with Gasteiger partial charge in [0.1, 0.15) is 5.75 Å². The van der Waals surface area contributed by atoms with Gasteiger partial charge in [0.25, 0.3) is 0 Å². The fourth-order valence-corrected chi connectivity index (χ4v) is 3.87. The van der Waals surface area contributed by atoms with E-state index < -0.39 is 0 Å². The van der Waals surface area contributed by atoms with Gasteiger partial charge in [0.15, 0.2) is 0 Å². The van der Waals surface area contributed by atoms with Gasteiger partial charge < -0.3 is 14.5 Å². The molecule has 3 rings (SSSR count). The molecule has 0 atom stereocenters. The Morgan fingerprint density at radius 2 is 1.70 bits per heavy atom. The van der Waals surface area contributed by atoms with Crippen molar-refractivity contribution >= 4 is 11.6 Å². The van der Waals surface area contributed by atoms with E-state index in [9.17, 15) is 4.79 Å². The van der Waals surface area contributed by atoms with Crippen LogP contribution in [0.25, 0.3) is 0 Å². The molecule has 0 aliphatic carbocycles. The van der Waals surface area contributed by atoms with Gasteiger partial charge in [-0.15, -0.1) is 0 Å². The highest BCUT2D eigenvalue weighted by Crippen LogP contribution is 2.22. The fourth-order valence-electron chi connectivity index (χ4n) is 3.87. The molecule has 0 N–H and O–H groups in total. The van der Waals surface area contributed by atoms with Crippen LogP contribution in [0, 0.1) is 0 Å². The summed E-state index contributed by atoms with van der Waals surface area (Å²) >= 11 is 0. The number of carbonyl (C=O) groups is 1. The number of hydrogen-bond acceptors (Lipinski definition) is 5. The summed E-state index contributed by atoms with van der Waals surface area (Å²) in [5, 5.41) is 0. The molecule has 0 unspecified atom stereocenters. The molecule has 27 heavy (non-hydrogen) atoms. The Kier molecular flexibility index (Phi) is 7.35. The van der Waals surface area contributed by atoms with Crippen molar-refractivity contribution in [3.63, 3.8) is 0 Å². The summed E-state index contributed by atoms with van der Waals surface area (Å²) in [5.41, 5.74) is 1.20. The molecular weight excluding hydrogens is 340 g/mol. The molecule has 1 amide bonds. The van der Waals surface area contributed by atoms with E-state index in [1.807, 2.05) is 12.1 Å². The minimum Gasteiger partial charge on any atom is -0.497 e. The summed E-state index contributed by atoms with van der Waals surface area (Å²) in [7, 11) is 1.70. The molecule has 0 radical (unpaired) electrons. The SMILES string of the molecule is CCCCN1CCN(C(=O)CN2CCN(c3cccc(OC)c3)CC2)CC1. The molecule has 2 aliphatic heterocycles. The molecule has 2 heterocycles. The molecule has 2 fully saturated rings. The van der Waals surface area contributed by atoms with Crippen LogP contribution in [0.2, 0.25) is 0 Å². The Morgan fingerprint density at radius 1 is 1.00 bits per heavy atom. The van der Waals surface area contributed by atoms with Gasteiger partial charge in [-0.3, -0.25) is 14.6 Å². The van der Waals surface area contributed by atoms with Crippen LogP contribution in [0.15, 0.2) is 24.3 Å². The number of rotatable bonds is 7. The van der Waals surface area contributed by atoms with Gasteiger partial charge in [0.05, 0.1) is 13.7 Å². The van der Waals surface area contributed by atoms with Crippen LogP contribution in [-0.4, -0.2) is 93.2 Å². The predicted octanol–water partition coefficient (Wildman–Crippen LogP) is 1.76. The highest BCUT2D eigenvalue weighted by Gasteiger charge is 2.24. The number of hydrogen-bond donors (Lipinski definition) is 0. The monoisotopic (exact) mass is 374 g/mol. The van der Waals surface area contributed by atoms with E-state index in [1.165, 1.54) is 25.1 Å². The molecule has 1 aromatic rings. The minimum absolute atomic E-state index is 0.292. The van der Waals surface area contributed by atoms with Crippen molar-refractivity contribution in [1.29, 1.82) is 0 Å². The number of anilines is 1. The average molecular weight is 375 g/mol. The third-order valence-electron chi connectivity index (χ3n) is 5.70. The summed E-state index contributed by atoms with van der Waals surface area (Å²) in [6.45, 7) is 11.5. The lowest BCUT2D eigenvalue weighted by Crippen LogP contribution is -2.53. The maximum atomic E-state index is 12.7. The number of nitrogens with zero attached hydrogens (tertiary/aromatic N) is 4. The predicted molar refractivity (Wildman–Crippen MR) is 110 cm³/mol. The first-order chi connectivity index (χ1) is 13.2. The molecule has 0 spiro atoms. The van der Waals surface area contributed by atoms with Gasteiger partial charge in [-0.25, -0.2) is 0 Å². The molecule has 6 nitrogen and oxygen atoms in total. The first-order valence-corrected chi connectivity index (χ1v) is 10.3. The zero-order chi connectivity index (χ0) is 19.1. The lowest BCUT2D eigenvalue weighted by atomic mass is 10.2. The summed E-state index contributed by atoms with van der Waals surface area (Å²) in [5.74, 6) is 1.18. The van der Waals surface area contributed by atoms with Gasteiger partial charge in [-0.05, 0) is 25.1 Å². The molecule has 1 aromatic carbocycles. The third-order valence-corrected chi connectivity index (χ3v) is 5.70. The average Bonchev–Trinajstić information content (AvgIpc) is 2.73. The number of unbranched alkanes of at least 4 members (excludes halogenated alkanes) is 1. The number of piperazine rings is 2. The van der Waals surface area contributed by atoms with Gasteiger partial charge in [0.2, 0.25) is 5.91 Å². The molecular formula is C21H34N4O2. The first kappa shape index (κ1) is 20.0. The van der Waals surface area contributed by atoms with Crippen molar-refractivity contribution in [2.24, 2.45) is 0 Å². The molecule has 2 aliphatic rings. The maximum absolute atomic E-state index is 12.7. The van der Waals surface area contributed by atoms with E-state index in [1.54, 1.807) is 7.11 Å². The normalized spacial score (nSPS) is 19.3. The van der Waals surface area contributed by atoms with Crippen molar-refractivity contribution < 1.29 is 9.53 Å². The van der Waals surface area contributed by atoms with E-state index in [4.69, 9.17) is 4.74 Å². The zero-order valence-corrected chi connectivity index (χ0v) is 16.9. The van der Waals surface area contributed by atoms with Crippen molar-refractivity contribution in [3.05, 3.63) is 24.3 Å². The molecule has 150 valence electrons. The lowest BCUT2D eigenvalue weighted by Gasteiger charge is -2.38. The largest absolute Gasteiger partial charge is 0.497 e. The van der Waals surface area contributed by atoms with Crippen molar-refractivity contribution in [2.75, 3.05) is 77.5 Å². The van der Waals surface area contributed by atoms with Crippen molar-refractivity contribution in [3.8, 4) is 5.75 Å². The number of ether oxygens (including phenoxy) is 1. The van der Waals surface area contributed by atoms with E-state index in [0.717, 1.165) is 58.1 Å². The smallest absolute Gasteiger partial charge is 0.236 e. The molecule has 6 heteroatoms. The number of methoxy groups -OCH3 is 1. The third kappa shape index (κ3) is 5.59. The topological polar surface area (TPSA) is 39.3 Å². The van der Waals surface area contributed by atoms with E-state index in [2.05, 4.69) is 38.7 Å². The van der Waals surface area contributed by atoms with Crippen LogP contribution in [0.3, 0.4) is 0 Å².